The van der Waals surface area contributed by atoms with Crippen molar-refractivity contribution in [3.05, 3.63) is 59.7 Å². The van der Waals surface area contributed by atoms with Crippen molar-refractivity contribution < 1.29 is 8.42 Å². The van der Waals surface area contributed by atoms with E-state index in [1.807, 2.05) is 58.9 Å². The van der Waals surface area contributed by atoms with Gasteiger partial charge in [-0.3, -0.25) is 0 Å². The van der Waals surface area contributed by atoms with Crippen LogP contribution in [0.1, 0.15) is 38.8 Å². The predicted octanol–water partition coefficient (Wildman–Crippen LogP) is 4.49. The molecule has 5 heteroatoms. The van der Waals surface area contributed by atoms with Crippen molar-refractivity contribution in [3.63, 3.8) is 0 Å². The summed E-state index contributed by atoms with van der Waals surface area (Å²) in [5.74, 6) is 0.400. The second kappa shape index (κ2) is 10.6. The first-order chi connectivity index (χ1) is 11.4. The van der Waals surface area contributed by atoms with Gasteiger partial charge in [0, 0.05) is 11.8 Å². The molecule has 24 heavy (non-hydrogen) atoms. The van der Waals surface area contributed by atoms with Crippen LogP contribution < -0.4 is 5.73 Å². The van der Waals surface area contributed by atoms with E-state index in [-0.39, 0.29) is 4.90 Å². The molecule has 0 saturated carbocycles. The van der Waals surface area contributed by atoms with E-state index >= 15 is 0 Å². The van der Waals surface area contributed by atoms with E-state index in [0.29, 0.717) is 11.5 Å². The molecule has 0 aliphatic carbocycles. The average molecular weight is 349 g/mol. The van der Waals surface area contributed by atoms with Gasteiger partial charge in [-0.25, -0.2) is 13.4 Å². The molecule has 0 aliphatic rings. The SMILES string of the molecule is CC.CC.Cc1ccc(C(N)=Nc2ccc(S(C)(=O)=O)cc2)cc1. The summed E-state index contributed by atoms with van der Waals surface area (Å²) in [6.07, 6.45) is 1.17. The van der Waals surface area contributed by atoms with Crippen molar-refractivity contribution in [1.29, 1.82) is 0 Å². The molecule has 0 unspecified atom stereocenters. The lowest BCUT2D eigenvalue weighted by Crippen LogP contribution is -2.12. The van der Waals surface area contributed by atoms with E-state index < -0.39 is 9.84 Å². The number of sulfone groups is 1. The van der Waals surface area contributed by atoms with Crippen molar-refractivity contribution in [2.45, 2.75) is 39.5 Å². The zero-order valence-corrected chi connectivity index (χ0v) is 16.2. The van der Waals surface area contributed by atoms with Crippen LogP contribution in [0.5, 0.6) is 0 Å². The molecule has 0 radical (unpaired) electrons. The Kier molecular flexibility index (Phi) is 9.65. The summed E-state index contributed by atoms with van der Waals surface area (Å²) in [4.78, 5) is 4.55. The number of aliphatic imine (C=N–C) groups is 1. The van der Waals surface area contributed by atoms with Crippen molar-refractivity contribution in [2.24, 2.45) is 10.7 Å². The quantitative estimate of drug-likeness (QED) is 0.656. The van der Waals surface area contributed by atoms with Crippen molar-refractivity contribution in [3.8, 4) is 0 Å². The smallest absolute Gasteiger partial charge is 0.175 e. The molecular weight excluding hydrogens is 320 g/mol. The number of hydrogen-bond donors (Lipinski definition) is 1. The second-order valence-electron chi connectivity index (χ2n) is 4.63. The Labute approximate surface area is 146 Å². The Morgan fingerprint density at radius 2 is 1.33 bits per heavy atom. The number of benzene rings is 2. The highest BCUT2D eigenvalue weighted by Crippen LogP contribution is 2.17. The molecule has 0 amide bonds. The first-order valence-corrected chi connectivity index (χ1v) is 9.97. The minimum atomic E-state index is -3.18. The van der Waals surface area contributed by atoms with Crippen LogP contribution in [0.4, 0.5) is 5.69 Å². The molecule has 0 heterocycles. The minimum absolute atomic E-state index is 0.269. The topological polar surface area (TPSA) is 72.5 Å². The number of nitrogens with zero attached hydrogens (tertiary/aromatic N) is 1. The number of aryl methyl sites for hydroxylation is 1. The zero-order chi connectivity index (χ0) is 18.8. The Hall–Kier alpha value is -2.14. The van der Waals surface area contributed by atoms with Gasteiger partial charge in [0.25, 0.3) is 0 Å². The lowest BCUT2D eigenvalue weighted by Gasteiger charge is -2.03. The average Bonchev–Trinajstić information content (AvgIpc) is 2.59. The molecule has 0 fully saturated rings. The fraction of sp³-hybridized carbons (Fsp3) is 0.316. The fourth-order valence-electron chi connectivity index (χ4n) is 1.70. The van der Waals surface area contributed by atoms with Crippen LogP contribution in [-0.2, 0) is 9.84 Å². The van der Waals surface area contributed by atoms with E-state index in [9.17, 15) is 8.42 Å². The van der Waals surface area contributed by atoms with Gasteiger partial charge in [-0.1, -0.05) is 57.5 Å². The largest absolute Gasteiger partial charge is 0.383 e. The van der Waals surface area contributed by atoms with Crippen LogP contribution in [0, 0.1) is 6.92 Å². The van der Waals surface area contributed by atoms with Crippen LogP contribution >= 0.6 is 0 Å². The monoisotopic (exact) mass is 348 g/mol. The maximum atomic E-state index is 11.4. The van der Waals surface area contributed by atoms with Crippen molar-refractivity contribution in [1.82, 2.24) is 0 Å². The van der Waals surface area contributed by atoms with Gasteiger partial charge in [0.2, 0.25) is 0 Å². The first kappa shape index (κ1) is 21.9. The summed E-state index contributed by atoms with van der Waals surface area (Å²) in [6, 6.07) is 14.1. The first-order valence-electron chi connectivity index (χ1n) is 8.07. The molecule has 2 rings (SSSR count). The third-order valence-corrected chi connectivity index (χ3v) is 3.99. The lowest BCUT2D eigenvalue weighted by molar-refractivity contribution is 0.602. The predicted molar refractivity (Wildman–Crippen MR) is 104 cm³/mol. The van der Waals surface area contributed by atoms with Gasteiger partial charge in [-0.15, -0.1) is 0 Å². The zero-order valence-electron chi connectivity index (χ0n) is 15.4. The molecular formula is C19H28N2O2S. The molecule has 0 saturated heterocycles. The Morgan fingerprint density at radius 1 is 0.875 bits per heavy atom. The Balaban J connectivity index is 0.00000123. The van der Waals surface area contributed by atoms with E-state index in [0.717, 1.165) is 11.1 Å². The summed E-state index contributed by atoms with van der Waals surface area (Å²) in [5.41, 5.74) is 8.54. The molecule has 132 valence electrons. The summed E-state index contributed by atoms with van der Waals surface area (Å²) in [7, 11) is -3.18. The van der Waals surface area contributed by atoms with Gasteiger partial charge in [-0.2, -0.15) is 0 Å². The van der Waals surface area contributed by atoms with Crippen LogP contribution in [0.3, 0.4) is 0 Å². The van der Waals surface area contributed by atoms with E-state index in [4.69, 9.17) is 5.73 Å². The van der Waals surface area contributed by atoms with E-state index in [2.05, 4.69) is 4.99 Å². The summed E-state index contributed by atoms with van der Waals surface area (Å²) in [6.45, 7) is 10.0. The van der Waals surface area contributed by atoms with Crippen LogP contribution in [0.15, 0.2) is 58.4 Å². The van der Waals surface area contributed by atoms with Gasteiger partial charge in [0.1, 0.15) is 5.84 Å². The molecule has 2 aromatic rings. The third-order valence-electron chi connectivity index (χ3n) is 2.86. The number of amidine groups is 1. The van der Waals surface area contributed by atoms with Gasteiger partial charge >= 0.3 is 0 Å². The summed E-state index contributed by atoms with van der Waals surface area (Å²) < 4.78 is 22.7. The maximum absolute atomic E-state index is 11.4. The molecule has 0 aromatic heterocycles. The fourth-order valence-corrected chi connectivity index (χ4v) is 2.33. The highest BCUT2D eigenvalue weighted by Gasteiger charge is 2.06. The molecule has 0 spiro atoms. The van der Waals surface area contributed by atoms with Gasteiger partial charge < -0.3 is 5.73 Å². The normalized spacial score (nSPS) is 10.8. The lowest BCUT2D eigenvalue weighted by atomic mass is 10.1. The van der Waals surface area contributed by atoms with Crippen LogP contribution in [-0.4, -0.2) is 20.5 Å². The van der Waals surface area contributed by atoms with Crippen LogP contribution in [0.2, 0.25) is 0 Å². The minimum Gasteiger partial charge on any atom is -0.383 e. The van der Waals surface area contributed by atoms with Crippen molar-refractivity contribution in [2.75, 3.05) is 6.26 Å². The Bertz CT molecular complexity index is 732. The number of rotatable bonds is 3. The third kappa shape index (κ3) is 6.96. The van der Waals surface area contributed by atoms with Gasteiger partial charge in [0.05, 0.1) is 10.6 Å². The molecule has 2 aromatic carbocycles. The highest BCUT2D eigenvalue weighted by molar-refractivity contribution is 7.90. The highest BCUT2D eigenvalue weighted by atomic mass is 32.2. The number of hydrogen-bond acceptors (Lipinski definition) is 3. The molecule has 0 atom stereocenters. The van der Waals surface area contributed by atoms with Gasteiger partial charge in [-0.05, 0) is 31.2 Å². The Morgan fingerprint density at radius 3 is 1.75 bits per heavy atom. The van der Waals surface area contributed by atoms with Crippen LogP contribution in [0.25, 0.3) is 0 Å². The maximum Gasteiger partial charge on any atom is 0.175 e. The van der Waals surface area contributed by atoms with E-state index in [1.165, 1.54) is 18.4 Å². The van der Waals surface area contributed by atoms with Gasteiger partial charge in [0.15, 0.2) is 9.84 Å². The number of nitrogens with two attached hydrogens (primary N) is 1. The van der Waals surface area contributed by atoms with E-state index in [1.54, 1.807) is 12.1 Å². The second-order valence-corrected chi connectivity index (χ2v) is 6.64. The standard InChI is InChI=1S/C15H16N2O2S.2C2H6/c1-11-3-5-12(6-4-11)15(16)17-13-7-9-14(10-8-13)20(2,18)19;2*1-2/h3-10H,1-2H3,(H2,16,17);2*1-2H3. The molecule has 2 N–H and O–H groups in total. The molecule has 4 nitrogen and oxygen atoms in total. The summed E-state index contributed by atoms with van der Waals surface area (Å²) >= 11 is 0. The molecule has 0 aliphatic heterocycles. The van der Waals surface area contributed by atoms with Crippen molar-refractivity contribution >= 4 is 21.4 Å². The molecule has 0 bridgehead atoms. The summed E-state index contributed by atoms with van der Waals surface area (Å²) in [5, 5.41) is 0.